The summed E-state index contributed by atoms with van der Waals surface area (Å²) in [4.78, 5) is 22.7. The van der Waals surface area contributed by atoms with Crippen LogP contribution in [0.4, 0.5) is 11.5 Å². The number of nitriles is 1. The number of carbonyl (C=O) groups is 1. The van der Waals surface area contributed by atoms with Gasteiger partial charge in [0.25, 0.3) is 0 Å². The van der Waals surface area contributed by atoms with Gasteiger partial charge in [-0.25, -0.2) is 9.97 Å². The molecule has 1 aromatic carbocycles. The molecule has 0 unspecified atom stereocenters. The Hall–Kier alpha value is -3.14. The molecule has 1 heterocycles. The Morgan fingerprint density at radius 1 is 1.23 bits per heavy atom. The van der Waals surface area contributed by atoms with Crippen molar-refractivity contribution in [2.24, 2.45) is 5.92 Å². The quantitative estimate of drug-likeness (QED) is 0.771. The summed E-state index contributed by atoms with van der Waals surface area (Å²) in [6.45, 7) is 4.60. The van der Waals surface area contributed by atoms with Crippen molar-refractivity contribution in [3.63, 3.8) is 0 Å². The average molecular weight is 352 g/mol. The molecule has 26 heavy (non-hydrogen) atoms. The lowest BCUT2D eigenvalue weighted by Crippen LogP contribution is -2.40. The topological polar surface area (TPSA) is 85.1 Å². The van der Waals surface area contributed by atoms with Crippen molar-refractivity contribution in [1.29, 1.82) is 5.26 Å². The first-order valence-electron chi connectivity index (χ1n) is 8.45. The molecule has 136 valence electrons. The summed E-state index contributed by atoms with van der Waals surface area (Å²) in [5, 5.41) is 10.5. The Labute approximate surface area is 154 Å². The van der Waals surface area contributed by atoms with Crippen LogP contribution in [0.2, 0.25) is 0 Å². The lowest BCUT2D eigenvalue weighted by Gasteiger charge is -2.25. The maximum atomic E-state index is 12.8. The molecular formula is C19H24N6O. The number of rotatable bonds is 7. The first kappa shape index (κ1) is 19.2. The van der Waals surface area contributed by atoms with E-state index >= 15 is 0 Å². The van der Waals surface area contributed by atoms with Gasteiger partial charge in [-0.15, -0.1) is 0 Å². The van der Waals surface area contributed by atoms with Crippen molar-refractivity contribution in [3.05, 3.63) is 47.9 Å². The molecule has 2 aromatic rings. The zero-order valence-electron chi connectivity index (χ0n) is 15.6. The highest BCUT2D eigenvalue weighted by atomic mass is 16.2. The molecule has 1 aromatic heterocycles. The van der Waals surface area contributed by atoms with Crippen LogP contribution in [0.1, 0.15) is 25.2 Å². The summed E-state index contributed by atoms with van der Waals surface area (Å²) in [5.41, 5.74) is 5.04. The second-order valence-corrected chi connectivity index (χ2v) is 6.62. The minimum atomic E-state index is -0.0616. The first-order chi connectivity index (χ1) is 12.4. The number of hydrogen-bond donors (Lipinski definition) is 1. The van der Waals surface area contributed by atoms with E-state index in [1.54, 1.807) is 11.1 Å². The van der Waals surface area contributed by atoms with Crippen molar-refractivity contribution in [2.45, 2.75) is 20.3 Å². The highest BCUT2D eigenvalue weighted by Crippen LogP contribution is 2.14. The second-order valence-electron chi connectivity index (χ2n) is 6.62. The molecule has 1 amide bonds. The van der Waals surface area contributed by atoms with Gasteiger partial charge in [-0.05, 0) is 23.6 Å². The number of nitrogens with zero attached hydrogens (tertiary/aromatic N) is 5. The third kappa shape index (κ3) is 5.45. The molecule has 0 aliphatic heterocycles. The van der Waals surface area contributed by atoms with Crippen molar-refractivity contribution < 1.29 is 4.79 Å². The van der Waals surface area contributed by atoms with E-state index < -0.39 is 0 Å². The number of hydrogen-bond acceptors (Lipinski definition) is 6. The lowest BCUT2D eigenvalue weighted by atomic mass is 10.1. The highest BCUT2D eigenvalue weighted by molar-refractivity contribution is 5.80. The van der Waals surface area contributed by atoms with Gasteiger partial charge in [-0.3, -0.25) is 15.2 Å². The van der Waals surface area contributed by atoms with Crippen molar-refractivity contribution in [1.82, 2.24) is 15.0 Å². The van der Waals surface area contributed by atoms with E-state index in [0.29, 0.717) is 12.4 Å². The van der Waals surface area contributed by atoms with Crippen LogP contribution in [-0.4, -0.2) is 41.5 Å². The fourth-order valence-electron chi connectivity index (χ4n) is 2.37. The summed E-state index contributed by atoms with van der Waals surface area (Å²) in [5.74, 6) is 0.702. The van der Waals surface area contributed by atoms with Gasteiger partial charge < -0.3 is 4.90 Å². The maximum Gasteiger partial charge on any atom is 0.245 e. The molecule has 0 spiro atoms. The minimum absolute atomic E-state index is 0.0613. The van der Waals surface area contributed by atoms with Crippen molar-refractivity contribution in [3.8, 4) is 6.07 Å². The van der Waals surface area contributed by atoms with Gasteiger partial charge in [0, 0.05) is 38.6 Å². The van der Waals surface area contributed by atoms with Gasteiger partial charge >= 0.3 is 0 Å². The minimum Gasteiger partial charge on any atom is -0.378 e. The molecule has 7 nitrogen and oxygen atoms in total. The third-order valence-corrected chi connectivity index (χ3v) is 3.66. The first-order valence-corrected chi connectivity index (χ1v) is 8.45. The normalized spacial score (nSPS) is 10.3. The molecule has 0 saturated heterocycles. The van der Waals surface area contributed by atoms with Gasteiger partial charge in [-0.2, -0.15) is 5.26 Å². The van der Waals surface area contributed by atoms with E-state index in [0.717, 1.165) is 11.3 Å². The molecule has 7 heteroatoms. The fourth-order valence-corrected chi connectivity index (χ4v) is 2.37. The summed E-state index contributed by atoms with van der Waals surface area (Å²) in [6.07, 6.45) is 1.77. The zero-order chi connectivity index (χ0) is 19.1. The Morgan fingerprint density at radius 2 is 1.92 bits per heavy atom. The van der Waals surface area contributed by atoms with E-state index in [-0.39, 0.29) is 24.1 Å². The third-order valence-electron chi connectivity index (χ3n) is 3.66. The number of benzene rings is 1. The predicted molar refractivity (Wildman–Crippen MR) is 101 cm³/mol. The SMILES string of the molecule is CC(C)CN(Nc1ccnc(C#N)n1)C(=O)Cc1ccc(N(C)C)cc1. The summed E-state index contributed by atoms with van der Waals surface area (Å²) in [7, 11) is 3.96. The Morgan fingerprint density at radius 3 is 2.50 bits per heavy atom. The highest BCUT2D eigenvalue weighted by Gasteiger charge is 2.16. The Kier molecular flexibility index (Phi) is 6.50. The predicted octanol–water partition coefficient (Wildman–Crippen LogP) is 2.47. The number of nitrogens with one attached hydrogen (secondary N) is 1. The van der Waals surface area contributed by atoms with E-state index in [1.165, 1.54) is 6.20 Å². The summed E-state index contributed by atoms with van der Waals surface area (Å²) >= 11 is 0. The van der Waals surface area contributed by atoms with Gasteiger partial charge in [0.1, 0.15) is 11.9 Å². The van der Waals surface area contributed by atoms with Crippen molar-refractivity contribution >= 4 is 17.4 Å². The lowest BCUT2D eigenvalue weighted by molar-refractivity contribution is -0.129. The Balaban J connectivity index is 2.12. The van der Waals surface area contributed by atoms with E-state index in [9.17, 15) is 4.79 Å². The van der Waals surface area contributed by atoms with E-state index in [4.69, 9.17) is 5.26 Å². The van der Waals surface area contributed by atoms with Gasteiger partial charge in [0.05, 0.1) is 6.42 Å². The zero-order valence-corrected chi connectivity index (χ0v) is 15.6. The largest absolute Gasteiger partial charge is 0.378 e. The van der Waals surface area contributed by atoms with Crippen LogP contribution >= 0.6 is 0 Å². The smallest absolute Gasteiger partial charge is 0.245 e. The maximum absolute atomic E-state index is 12.8. The molecule has 0 saturated carbocycles. The second kappa shape index (κ2) is 8.81. The number of aromatic nitrogens is 2. The molecule has 0 radical (unpaired) electrons. The summed E-state index contributed by atoms with van der Waals surface area (Å²) in [6, 6.07) is 11.4. The fraction of sp³-hybridized carbons (Fsp3) is 0.368. The van der Waals surface area contributed by atoms with Gasteiger partial charge in [0.2, 0.25) is 11.7 Å². The van der Waals surface area contributed by atoms with Crippen LogP contribution < -0.4 is 10.3 Å². The average Bonchev–Trinajstić information content (AvgIpc) is 2.61. The van der Waals surface area contributed by atoms with E-state index in [2.05, 4.69) is 15.4 Å². The van der Waals surface area contributed by atoms with Crippen LogP contribution in [0.25, 0.3) is 0 Å². The van der Waals surface area contributed by atoms with Crippen LogP contribution in [-0.2, 0) is 11.2 Å². The summed E-state index contributed by atoms with van der Waals surface area (Å²) < 4.78 is 0. The molecule has 0 fully saturated rings. The van der Waals surface area contributed by atoms with Crippen LogP contribution in [0, 0.1) is 17.2 Å². The van der Waals surface area contributed by atoms with Gasteiger partial charge in [0.15, 0.2) is 0 Å². The van der Waals surface area contributed by atoms with Crippen LogP contribution in [0.5, 0.6) is 0 Å². The van der Waals surface area contributed by atoms with Crippen LogP contribution in [0.15, 0.2) is 36.5 Å². The molecule has 1 N–H and O–H groups in total. The Bertz CT molecular complexity index is 779. The van der Waals surface area contributed by atoms with Crippen molar-refractivity contribution in [2.75, 3.05) is 31.0 Å². The number of hydrazine groups is 1. The molecule has 0 aliphatic carbocycles. The molecular weight excluding hydrogens is 328 g/mol. The number of carbonyl (C=O) groups excluding carboxylic acids is 1. The van der Waals surface area contributed by atoms with Crippen LogP contribution in [0.3, 0.4) is 0 Å². The number of amides is 1. The van der Waals surface area contributed by atoms with Gasteiger partial charge in [-0.1, -0.05) is 26.0 Å². The number of anilines is 2. The molecule has 0 atom stereocenters. The molecule has 0 bridgehead atoms. The monoisotopic (exact) mass is 352 g/mol. The van der Waals surface area contributed by atoms with E-state index in [1.807, 2.05) is 63.2 Å². The standard InChI is InChI=1S/C19H24N6O/c1-14(2)13-25(23-17-9-10-21-18(12-20)22-17)19(26)11-15-5-7-16(8-6-15)24(3)4/h5-10,14H,11,13H2,1-4H3,(H,21,22,23). The molecule has 2 rings (SSSR count). The molecule has 0 aliphatic rings.